The molecule has 0 saturated carbocycles. The number of allylic oxidation sites excluding steroid dienone is 1. The minimum absolute atomic E-state index is 0.0190. The molecule has 0 aromatic heterocycles. The van der Waals surface area contributed by atoms with Gasteiger partial charge in [0.2, 0.25) is 0 Å². The van der Waals surface area contributed by atoms with Crippen LogP contribution >= 0.6 is 12.6 Å². The largest absolute Gasteiger partial charge is 0.494 e. The van der Waals surface area contributed by atoms with Gasteiger partial charge in [0, 0.05) is 6.42 Å². The molecule has 4 aromatic carbocycles. The summed E-state index contributed by atoms with van der Waals surface area (Å²) >= 11 is 3.83. The maximum Gasteiger partial charge on any atom is 0.185 e. The highest BCUT2D eigenvalue weighted by Gasteiger charge is 2.14. The van der Waals surface area contributed by atoms with Gasteiger partial charge in [0.15, 0.2) is 5.12 Å². The monoisotopic (exact) mass is 564 g/mol. The highest BCUT2D eigenvalue weighted by atomic mass is 32.1. The van der Waals surface area contributed by atoms with Crippen LogP contribution in [0, 0.1) is 0 Å². The summed E-state index contributed by atoms with van der Waals surface area (Å²) in [7, 11) is 0. The van der Waals surface area contributed by atoms with E-state index in [1.807, 2.05) is 18.2 Å². The molecule has 0 amide bonds. The number of thiol groups is 1. The van der Waals surface area contributed by atoms with Crippen molar-refractivity contribution in [3.8, 4) is 11.5 Å². The second-order valence-corrected chi connectivity index (χ2v) is 10.7. The molecule has 0 aliphatic carbocycles. The Morgan fingerprint density at radius 2 is 1.15 bits per heavy atom. The molecule has 0 saturated heterocycles. The number of carbonyl (C=O) groups excluding carboxylic acids is 1. The summed E-state index contributed by atoms with van der Waals surface area (Å²) < 4.78 is 12.1. The van der Waals surface area contributed by atoms with Gasteiger partial charge in [-0.05, 0) is 76.9 Å². The summed E-state index contributed by atoms with van der Waals surface area (Å²) in [4.78, 5) is 10.9. The fourth-order valence-electron chi connectivity index (χ4n) is 4.95. The fourth-order valence-corrected chi connectivity index (χ4v) is 5.11. The van der Waals surface area contributed by atoms with Crippen LogP contribution in [-0.2, 0) is 11.4 Å². The molecule has 0 radical (unpaired) electrons. The first-order chi connectivity index (χ1) is 20.1. The minimum Gasteiger partial charge on any atom is -0.494 e. The number of hydrogen-bond acceptors (Lipinski definition) is 3. The van der Waals surface area contributed by atoms with Gasteiger partial charge in [-0.25, -0.2) is 0 Å². The maximum absolute atomic E-state index is 10.9. The zero-order valence-electron chi connectivity index (χ0n) is 23.9. The van der Waals surface area contributed by atoms with Gasteiger partial charge >= 0.3 is 0 Å². The Hall–Kier alpha value is -3.76. The topological polar surface area (TPSA) is 35.5 Å². The minimum atomic E-state index is -0.0190. The highest BCUT2D eigenvalue weighted by Crippen LogP contribution is 2.35. The average Bonchev–Trinajstić information content (AvgIpc) is 3.01. The lowest BCUT2D eigenvalue weighted by molar-refractivity contribution is -0.110. The van der Waals surface area contributed by atoms with Crippen LogP contribution in [0.1, 0.15) is 74.1 Å². The van der Waals surface area contributed by atoms with Gasteiger partial charge in [-0.1, -0.05) is 111 Å². The van der Waals surface area contributed by atoms with Gasteiger partial charge in [0.25, 0.3) is 0 Å². The number of unbranched alkanes of at least 4 members (excludes halogenated alkanes) is 4. The van der Waals surface area contributed by atoms with Crippen molar-refractivity contribution in [3.63, 3.8) is 0 Å². The van der Waals surface area contributed by atoms with Gasteiger partial charge in [-0.2, -0.15) is 0 Å². The van der Waals surface area contributed by atoms with Crippen LogP contribution < -0.4 is 9.47 Å². The Bertz CT molecular complexity index is 1360. The van der Waals surface area contributed by atoms with Gasteiger partial charge in [0.05, 0.1) is 6.61 Å². The molecule has 0 aliphatic rings. The molecular weight excluding hydrogens is 524 g/mol. The Morgan fingerprint density at radius 1 is 0.610 bits per heavy atom. The third kappa shape index (κ3) is 9.68. The van der Waals surface area contributed by atoms with E-state index in [0.29, 0.717) is 19.6 Å². The third-order valence-electron chi connectivity index (χ3n) is 7.12. The van der Waals surface area contributed by atoms with Crippen LogP contribution in [0.25, 0.3) is 11.1 Å². The van der Waals surface area contributed by atoms with E-state index in [1.165, 1.54) is 16.7 Å². The molecule has 0 spiro atoms. The van der Waals surface area contributed by atoms with Crippen LogP contribution in [0.5, 0.6) is 11.5 Å². The number of carbonyl (C=O) groups is 1. The molecule has 4 heteroatoms. The quantitative estimate of drug-likeness (QED) is 0.0836. The first kappa shape index (κ1) is 30.2. The molecule has 4 aromatic rings. The number of benzene rings is 4. The van der Waals surface area contributed by atoms with Crippen molar-refractivity contribution in [2.45, 2.75) is 58.5 Å². The van der Waals surface area contributed by atoms with Crippen LogP contribution in [0.2, 0.25) is 0 Å². The fraction of sp³-hybridized carbons (Fsp3) is 0.270. The van der Waals surface area contributed by atoms with Gasteiger partial charge < -0.3 is 9.47 Å². The highest BCUT2D eigenvalue weighted by molar-refractivity contribution is 7.96. The van der Waals surface area contributed by atoms with Crippen molar-refractivity contribution in [2.24, 2.45) is 0 Å². The molecule has 212 valence electrons. The van der Waals surface area contributed by atoms with Crippen molar-refractivity contribution in [1.82, 2.24) is 0 Å². The summed E-state index contributed by atoms with van der Waals surface area (Å²) in [5.41, 5.74) is 7.23. The molecule has 0 unspecified atom stereocenters. The van der Waals surface area contributed by atoms with Crippen LogP contribution in [0.3, 0.4) is 0 Å². The normalized spacial score (nSPS) is 11.6. The maximum atomic E-state index is 10.9. The number of ether oxygens (including phenoxy) is 2. The average molecular weight is 565 g/mol. The molecule has 0 fully saturated rings. The lowest BCUT2D eigenvalue weighted by atomic mass is 9.88. The Morgan fingerprint density at radius 3 is 1.73 bits per heavy atom. The summed E-state index contributed by atoms with van der Waals surface area (Å²) in [6, 6.07) is 37.8. The van der Waals surface area contributed by atoms with Crippen molar-refractivity contribution in [2.75, 3.05) is 6.61 Å². The number of hydrogen-bond donors (Lipinski definition) is 1. The van der Waals surface area contributed by atoms with Gasteiger partial charge in [-0.15, -0.1) is 12.6 Å². The SMILES string of the molecule is CC/C(=C(/c1ccc(OCCCCCCCC(=O)S)cc1)c1ccc(OCc2ccccc2)cc1)c1ccccc1. The molecule has 41 heavy (non-hydrogen) atoms. The molecule has 0 bridgehead atoms. The van der Waals surface area contributed by atoms with E-state index >= 15 is 0 Å². The van der Waals surface area contributed by atoms with E-state index in [2.05, 4.69) is 111 Å². The van der Waals surface area contributed by atoms with Crippen molar-refractivity contribution in [3.05, 3.63) is 131 Å². The lowest BCUT2D eigenvalue weighted by Gasteiger charge is -2.17. The van der Waals surface area contributed by atoms with Crippen molar-refractivity contribution in [1.29, 1.82) is 0 Å². The predicted molar refractivity (Wildman–Crippen MR) is 173 cm³/mol. The summed E-state index contributed by atoms with van der Waals surface area (Å²) in [6.07, 6.45) is 6.70. The zero-order valence-corrected chi connectivity index (χ0v) is 24.8. The number of rotatable bonds is 16. The first-order valence-corrected chi connectivity index (χ1v) is 15.1. The second kappa shape index (κ2) is 16.5. The molecule has 0 atom stereocenters. The standard InChI is InChI=1S/C37H40O3S/c1-2-35(30-16-10-7-11-17-30)37(32-21-25-34(26-22-32)40-28-29-14-8-6-9-15-29)31-19-23-33(24-20-31)39-27-13-5-3-4-12-18-36(38)41/h6-11,14-17,19-26H,2-5,12-13,18,27-28H2,1H3,(H,38,41)/b37-35+. The molecule has 0 aliphatic heterocycles. The van der Waals surface area contributed by atoms with Crippen molar-refractivity contribution >= 4 is 28.9 Å². The van der Waals surface area contributed by atoms with E-state index in [-0.39, 0.29) is 5.12 Å². The molecule has 4 rings (SSSR count). The van der Waals surface area contributed by atoms with Crippen LogP contribution in [-0.4, -0.2) is 11.7 Å². The molecule has 0 N–H and O–H groups in total. The summed E-state index contributed by atoms with van der Waals surface area (Å²) in [5.74, 6) is 1.74. The second-order valence-electron chi connectivity index (χ2n) is 10.2. The lowest BCUT2D eigenvalue weighted by Crippen LogP contribution is -1.99. The Labute approximate surface area is 250 Å². The third-order valence-corrected chi connectivity index (χ3v) is 7.34. The van der Waals surface area contributed by atoms with Gasteiger partial charge in [-0.3, -0.25) is 4.79 Å². The van der Waals surface area contributed by atoms with E-state index in [4.69, 9.17) is 9.47 Å². The van der Waals surface area contributed by atoms with E-state index in [0.717, 1.165) is 66.7 Å². The van der Waals surface area contributed by atoms with Crippen LogP contribution in [0.4, 0.5) is 0 Å². The van der Waals surface area contributed by atoms with Gasteiger partial charge in [0.1, 0.15) is 18.1 Å². The Kier molecular flexibility index (Phi) is 12.1. The molecule has 3 nitrogen and oxygen atoms in total. The van der Waals surface area contributed by atoms with E-state index in [9.17, 15) is 4.79 Å². The Balaban J connectivity index is 1.46. The smallest absolute Gasteiger partial charge is 0.185 e. The summed E-state index contributed by atoms with van der Waals surface area (Å²) in [5, 5.41) is -0.0190. The van der Waals surface area contributed by atoms with E-state index in [1.54, 1.807) is 0 Å². The predicted octanol–water partition coefficient (Wildman–Crippen LogP) is 9.81. The van der Waals surface area contributed by atoms with E-state index < -0.39 is 0 Å². The first-order valence-electron chi connectivity index (χ1n) is 14.6. The molecular formula is C37H40O3S. The zero-order chi connectivity index (χ0) is 28.7. The summed E-state index contributed by atoms with van der Waals surface area (Å²) in [6.45, 7) is 3.46. The van der Waals surface area contributed by atoms with Crippen molar-refractivity contribution < 1.29 is 14.3 Å². The van der Waals surface area contributed by atoms with Crippen LogP contribution in [0.15, 0.2) is 109 Å². The molecule has 0 heterocycles.